The topological polar surface area (TPSA) is 36.4 Å². The Labute approximate surface area is 115 Å². The summed E-state index contributed by atoms with van der Waals surface area (Å²) in [5.41, 5.74) is 4.24. The van der Waals surface area contributed by atoms with E-state index in [1.807, 2.05) is 0 Å². The summed E-state index contributed by atoms with van der Waals surface area (Å²) in [6.07, 6.45) is 11.1. The van der Waals surface area contributed by atoms with Crippen molar-refractivity contribution in [3.05, 3.63) is 12.7 Å². The van der Waals surface area contributed by atoms with Crippen LogP contribution in [0.2, 0.25) is 0 Å². The highest BCUT2D eigenvalue weighted by Gasteiger charge is 2.30. The van der Waals surface area contributed by atoms with Crippen LogP contribution in [0.3, 0.4) is 0 Å². The van der Waals surface area contributed by atoms with Crippen molar-refractivity contribution < 1.29 is 0 Å². The SMILES string of the molecule is C=CCNC(=S)N/N=C1/CC[C@H]2CCCC[C@H]2C1. The summed E-state index contributed by atoms with van der Waals surface area (Å²) < 4.78 is 0. The summed E-state index contributed by atoms with van der Waals surface area (Å²) in [4.78, 5) is 0. The molecule has 0 radical (unpaired) electrons. The molecule has 0 amide bonds. The maximum absolute atomic E-state index is 5.13. The van der Waals surface area contributed by atoms with E-state index >= 15 is 0 Å². The predicted molar refractivity (Wildman–Crippen MR) is 80.7 cm³/mol. The highest BCUT2D eigenvalue weighted by molar-refractivity contribution is 7.80. The molecule has 0 spiro atoms. The molecule has 2 fully saturated rings. The molecule has 2 N–H and O–H groups in total. The summed E-state index contributed by atoms with van der Waals surface area (Å²) in [6.45, 7) is 4.32. The van der Waals surface area contributed by atoms with Crippen molar-refractivity contribution in [2.75, 3.05) is 6.54 Å². The zero-order valence-corrected chi connectivity index (χ0v) is 11.8. The van der Waals surface area contributed by atoms with Gasteiger partial charge in [-0.2, -0.15) is 5.10 Å². The molecule has 0 aromatic rings. The number of nitrogens with zero attached hydrogens (tertiary/aromatic N) is 1. The monoisotopic (exact) mass is 265 g/mol. The number of rotatable bonds is 3. The maximum atomic E-state index is 5.13. The number of fused-ring (bicyclic) bond motifs is 1. The molecule has 2 saturated carbocycles. The van der Waals surface area contributed by atoms with Crippen LogP contribution in [0.25, 0.3) is 0 Å². The van der Waals surface area contributed by atoms with Crippen LogP contribution in [-0.4, -0.2) is 17.4 Å². The van der Waals surface area contributed by atoms with E-state index in [1.165, 1.54) is 44.2 Å². The lowest BCUT2D eigenvalue weighted by Gasteiger charge is -2.35. The van der Waals surface area contributed by atoms with E-state index in [-0.39, 0.29) is 0 Å². The molecule has 0 bridgehead atoms. The first kappa shape index (κ1) is 13.5. The molecule has 2 aliphatic rings. The molecule has 0 heterocycles. The molecule has 0 unspecified atom stereocenters. The Morgan fingerprint density at radius 2 is 2.11 bits per heavy atom. The van der Waals surface area contributed by atoms with Gasteiger partial charge in [0.15, 0.2) is 5.11 Å². The third-order valence-corrected chi connectivity index (χ3v) is 4.33. The zero-order valence-electron chi connectivity index (χ0n) is 11.0. The minimum absolute atomic E-state index is 0.591. The lowest BCUT2D eigenvalue weighted by Crippen LogP contribution is -2.34. The van der Waals surface area contributed by atoms with Crippen LogP contribution in [0.15, 0.2) is 17.8 Å². The van der Waals surface area contributed by atoms with Crippen LogP contribution in [0.1, 0.15) is 44.9 Å². The number of hydrogen-bond acceptors (Lipinski definition) is 2. The van der Waals surface area contributed by atoms with Crippen LogP contribution in [0, 0.1) is 11.8 Å². The van der Waals surface area contributed by atoms with Gasteiger partial charge in [0.25, 0.3) is 0 Å². The van der Waals surface area contributed by atoms with Gasteiger partial charge in [0.05, 0.1) is 0 Å². The zero-order chi connectivity index (χ0) is 12.8. The Morgan fingerprint density at radius 3 is 2.89 bits per heavy atom. The van der Waals surface area contributed by atoms with Gasteiger partial charge in [-0.25, -0.2) is 0 Å². The van der Waals surface area contributed by atoms with Crippen LogP contribution >= 0.6 is 12.2 Å². The molecule has 0 aliphatic heterocycles. The van der Waals surface area contributed by atoms with E-state index in [1.54, 1.807) is 6.08 Å². The summed E-state index contributed by atoms with van der Waals surface area (Å²) in [5.74, 6) is 1.84. The fourth-order valence-electron chi connectivity index (χ4n) is 3.13. The third-order valence-electron chi connectivity index (χ3n) is 4.09. The van der Waals surface area contributed by atoms with Gasteiger partial charge in [-0.3, -0.25) is 5.43 Å². The predicted octanol–water partition coefficient (Wildman–Crippen LogP) is 2.98. The van der Waals surface area contributed by atoms with Gasteiger partial charge < -0.3 is 5.32 Å². The van der Waals surface area contributed by atoms with Gasteiger partial charge in [0.1, 0.15) is 0 Å². The second kappa shape index (κ2) is 6.88. The summed E-state index contributed by atoms with van der Waals surface area (Å²) >= 11 is 5.13. The number of nitrogens with one attached hydrogen (secondary N) is 2. The molecule has 2 aliphatic carbocycles. The quantitative estimate of drug-likeness (QED) is 0.468. The van der Waals surface area contributed by atoms with Crippen molar-refractivity contribution in [2.45, 2.75) is 44.9 Å². The van der Waals surface area contributed by atoms with Crippen LogP contribution < -0.4 is 10.7 Å². The van der Waals surface area contributed by atoms with Crippen LogP contribution in [0.5, 0.6) is 0 Å². The molecule has 0 aromatic heterocycles. The van der Waals surface area contributed by atoms with Gasteiger partial charge in [0.2, 0.25) is 0 Å². The first-order valence-corrected chi connectivity index (χ1v) is 7.40. The van der Waals surface area contributed by atoms with Crippen molar-refractivity contribution in [3.8, 4) is 0 Å². The Morgan fingerprint density at radius 1 is 1.33 bits per heavy atom. The molecule has 0 saturated heterocycles. The molecule has 2 atom stereocenters. The Balaban J connectivity index is 1.79. The van der Waals surface area contributed by atoms with Gasteiger partial charge in [-0.1, -0.05) is 25.3 Å². The van der Waals surface area contributed by atoms with Crippen molar-refractivity contribution in [1.29, 1.82) is 0 Å². The normalized spacial score (nSPS) is 29.4. The number of thiocarbonyl (C=S) groups is 1. The van der Waals surface area contributed by atoms with Crippen molar-refractivity contribution >= 4 is 23.0 Å². The van der Waals surface area contributed by atoms with Crippen LogP contribution in [0.4, 0.5) is 0 Å². The molecule has 3 nitrogen and oxygen atoms in total. The van der Waals surface area contributed by atoms with E-state index in [0.717, 1.165) is 18.3 Å². The molecule has 4 heteroatoms. The maximum Gasteiger partial charge on any atom is 0.187 e. The Hall–Kier alpha value is -0.900. The number of hydrazone groups is 1. The minimum Gasteiger partial charge on any atom is -0.358 e. The lowest BCUT2D eigenvalue weighted by atomic mass is 9.70. The van der Waals surface area contributed by atoms with E-state index in [2.05, 4.69) is 22.4 Å². The summed E-state index contributed by atoms with van der Waals surface area (Å²) in [7, 11) is 0. The van der Waals surface area contributed by atoms with Gasteiger partial charge in [0, 0.05) is 12.3 Å². The molecule has 2 rings (SSSR count). The molecule has 18 heavy (non-hydrogen) atoms. The smallest absolute Gasteiger partial charge is 0.187 e. The highest BCUT2D eigenvalue weighted by atomic mass is 32.1. The number of hydrogen-bond donors (Lipinski definition) is 2. The Kier molecular flexibility index (Phi) is 5.17. The molecular formula is C14H23N3S. The minimum atomic E-state index is 0.591. The van der Waals surface area contributed by atoms with Crippen LogP contribution in [-0.2, 0) is 0 Å². The summed E-state index contributed by atoms with van der Waals surface area (Å²) in [6, 6.07) is 0. The molecule has 100 valence electrons. The van der Waals surface area contributed by atoms with E-state index < -0.39 is 0 Å². The summed E-state index contributed by atoms with van der Waals surface area (Å²) in [5, 5.41) is 8.07. The third kappa shape index (κ3) is 3.80. The fourth-order valence-corrected chi connectivity index (χ4v) is 3.25. The fraction of sp³-hybridized carbons (Fsp3) is 0.714. The largest absolute Gasteiger partial charge is 0.358 e. The van der Waals surface area contributed by atoms with Crippen molar-refractivity contribution in [1.82, 2.24) is 10.7 Å². The average Bonchev–Trinajstić information content (AvgIpc) is 2.42. The first-order chi connectivity index (χ1) is 8.79. The van der Waals surface area contributed by atoms with E-state index in [0.29, 0.717) is 11.7 Å². The highest BCUT2D eigenvalue weighted by Crippen LogP contribution is 2.39. The van der Waals surface area contributed by atoms with E-state index in [4.69, 9.17) is 12.2 Å². The molecule has 0 aromatic carbocycles. The first-order valence-electron chi connectivity index (χ1n) is 6.99. The standard InChI is InChI=1S/C14H23N3S/c1-2-9-15-14(18)17-16-13-8-7-11-5-3-4-6-12(11)10-13/h2,11-12H,1,3-10H2,(H2,15,17,18)/b16-13-/t11-,12+/m1/s1. The van der Waals surface area contributed by atoms with Gasteiger partial charge in [-0.05, 0) is 49.7 Å². The lowest BCUT2D eigenvalue weighted by molar-refractivity contribution is 0.218. The Bertz CT molecular complexity index is 338. The van der Waals surface area contributed by atoms with Gasteiger partial charge in [-0.15, -0.1) is 6.58 Å². The second-order valence-electron chi connectivity index (χ2n) is 5.34. The average molecular weight is 265 g/mol. The second-order valence-corrected chi connectivity index (χ2v) is 5.74. The van der Waals surface area contributed by atoms with E-state index in [9.17, 15) is 0 Å². The van der Waals surface area contributed by atoms with Crippen molar-refractivity contribution in [3.63, 3.8) is 0 Å². The molecular weight excluding hydrogens is 242 g/mol. The van der Waals surface area contributed by atoms with Crippen molar-refractivity contribution in [2.24, 2.45) is 16.9 Å². The van der Waals surface area contributed by atoms with Gasteiger partial charge >= 0.3 is 0 Å².